The molecule has 1 amide bonds. The van der Waals surface area contributed by atoms with Crippen LogP contribution in [0.25, 0.3) is 6.08 Å². The van der Waals surface area contributed by atoms with Crippen molar-refractivity contribution in [1.82, 2.24) is 0 Å². The number of anilines is 1. The predicted molar refractivity (Wildman–Crippen MR) is 94.6 cm³/mol. The summed E-state index contributed by atoms with van der Waals surface area (Å²) in [4.78, 5) is 23.4. The third-order valence-electron chi connectivity index (χ3n) is 3.33. The zero-order valence-electron chi connectivity index (χ0n) is 14.3. The van der Waals surface area contributed by atoms with Crippen molar-refractivity contribution in [3.05, 3.63) is 59.9 Å². The van der Waals surface area contributed by atoms with Crippen LogP contribution in [0, 0.1) is 5.82 Å². The number of hydrogen-bond acceptors (Lipinski definition) is 5. The number of ether oxygens (including phenoxy) is 3. The number of methoxy groups -OCH3 is 2. The predicted octanol–water partition coefficient (Wildman–Crippen LogP) is 3.04. The summed E-state index contributed by atoms with van der Waals surface area (Å²) in [5.41, 5.74) is 0.660. The highest BCUT2D eigenvalue weighted by Gasteiger charge is 2.09. The highest BCUT2D eigenvalue weighted by atomic mass is 19.1. The van der Waals surface area contributed by atoms with Crippen LogP contribution in [-0.4, -0.2) is 32.7 Å². The Labute approximate surface area is 150 Å². The lowest BCUT2D eigenvalue weighted by atomic mass is 10.2. The molecule has 0 fully saturated rings. The second kappa shape index (κ2) is 9.22. The molecule has 2 aromatic rings. The molecule has 0 aliphatic rings. The number of hydrogen-bond donors (Lipinski definition) is 1. The van der Waals surface area contributed by atoms with Crippen molar-refractivity contribution in [2.24, 2.45) is 0 Å². The van der Waals surface area contributed by atoms with E-state index in [1.54, 1.807) is 24.3 Å². The van der Waals surface area contributed by atoms with Crippen molar-refractivity contribution >= 4 is 23.6 Å². The number of nitrogens with one attached hydrogen (secondary N) is 1. The lowest BCUT2D eigenvalue weighted by Crippen LogP contribution is -2.20. The van der Waals surface area contributed by atoms with Crippen molar-refractivity contribution < 1.29 is 28.2 Å². The van der Waals surface area contributed by atoms with Crippen molar-refractivity contribution in [2.75, 3.05) is 26.1 Å². The van der Waals surface area contributed by atoms with Gasteiger partial charge in [0, 0.05) is 17.7 Å². The summed E-state index contributed by atoms with van der Waals surface area (Å²) >= 11 is 0. The van der Waals surface area contributed by atoms with Crippen LogP contribution >= 0.6 is 0 Å². The fourth-order valence-electron chi connectivity index (χ4n) is 2.05. The monoisotopic (exact) mass is 359 g/mol. The summed E-state index contributed by atoms with van der Waals surface area (Å²) in [6, 6.07) is 10.8. The van der Waals surface area contributed by atoms with Crippen molar-refractivity contribution in [2.45, 2.75) is 0 Å². The number of benzene rings is 2. The Morgan fingerprint density at radius 3 is 2.58 bits per heavy atom. The Morgan fingerprint density at radius 2 is 1.88 bits per heavy atom. The SMILES string of the molecule is COc1ccc(/C=C/C(=O)OCC(=O)Nc2ccccc2F)c(OC)c1. The van der Waals surface area contributed by atoms with Gasteiger partial charge in [0.25, 0.3) is 5.91 Å². The Bertz CT molecular complexity index is 819. The molecule has 0 heterocycles. The molecule has 0 aliphatic carbocycles. The molecule has 2 rings (SSSR count). The van der Waals surface area contributed by atoms with Gasteiger partial charge >= 0.3 is 5.97 Å². The summed E-state index contributed by atoms with van der Waals surface area (Å²) in [5, 5.41) is 2.32. The summed E-state index contributed by atoms with van der Waals surface area (Å²) in [6.45, 7) is -0.531. The minimum atomic E-state index is -0.716. The first-order valence-corrected chi connectivity index (χ1v) is 7.64. The number of halogens is 1. The second-order valence-electron chi connectivity index (χ2n) is 5.08. The summed E-state index contributed by atoms with van der Waals surface area (Å²) in [5.74, 6) is -0.791. The maximum absolute atomic E-state index is 13.4. The van der Waals surface area contributed by atoms with Gasteiger partial charge in [-0.2, -0.15) is 0 Å². The summed E-state index contributed by atoms with van der Waals surface area (Å²) in [6.07, 6.45) is 2.66. The summed E-state index contributed by atoms with van der Waals surface area (Å²) < 4.78 is 28.6. The van der Waals surface area contributed by atoms with E-state index >= 15 is 0 Å². The third-order valence-corrected chi connectivity index (χ3v) is 3.33. The van der Waals surface area contributed by atoms with E-state index in [0.717, 1.165) is 0 Å². The van der Waals surface area contributed by atoms with E-state index in [1.807, 2.05) is 0 Å². The largest absolute Gasteiger partial charge is 0.497 e. The van der Waals surface area contributed by atoms with E-state index < -0.39 is 24.3 Å². The molecule has 6 nitrogen and oxygen atoms in total. The van der Waals surface area contributed by atoms with E-state index in [0.29, 0.717) is 17.1 Å². The third kappa shape index (κ3) is 5.34. The molecule has 0 saturated carbocycles. The number of para-hydroxylation sites is 1. The van der Waals surface area contributed by atoms with E-state index in [-0.39, 0.29) is 5.69 Å². The van der Waals surface area contributed by atoms with Gasteiger partial charge in [-0.25, -0.2) is 9.18 Å². The second-order valence-corrected chi connectivity index (χ2v) is 5.08. The van der Waals surface area contributed by atoms with E-state index in [2.05, 4.69) is 5.32 Å². The molecule has 7 heteroatoms. The van der Waals surface area contributed by atoms with Crippen LogP contribution in [0.4, 0.5) is 10.1 Å². The minimum Gasteiger partial charge on any atom is -0.497 e. The number of esters is 1. The molecular weight excluding hydrogens is 341 g/mol. The van der Waals surface area contributed by atoms with Gasteiger partial charge in [0.1, 0.15) is 17.3 Å². The van der Waals surface area contributed by atoms with Gasteiger partial charge in [-0.3, -0.25) is 4.79 Å². The van der Waals surface area contributed by atoms with Crippen LogP contribution in [-0.2, 0) is 14.3 Å². The normalized spacial score (nSPS) is 10.4. The van der Waals surface area contributed by atoms with Gasteiger partial charge in [0.05, 0.1) is 19.9 Å². The van der Waals surface area contributed by atoms with Gasteiger partial charge < -0.3 is 19.5 Å². The molecular formula is C19H18FNO5. The standard InChI is InChI=1S/C19H18FNO5/c1-24-14-9-7-13(17(11-14)25-2)8-10-19(23)26-12-18(22)21-16-6-4-3-5-15(16)20/h3-11H,12H2,1-2H3,(H,21,22)/b10-8+. The molecule has 136 valence electrons. The van der Waals surface area contributed by atoms with Crippen LogP contribution in [0.15, 0.2) is 48.5 Å². The maximum Gasteiger partial charge on any atom is 0.331 e. The first-order valence-electron chi connectivity index (χ1n) is 7.64. The van der Waals surface area contributed by atoms with Crippen LogP contribution in [0.1, 0.15) is 5.56 Å². The molecule has 0 spiro atoms. The molecule has 26 heavy (non-hydrogen) atoms. The topological polar surface area (TPSA) is 73.9 Å². The Kier molecular flexibility index (Phi) is 6.73. The molecule has 0 aliphatic heterocycles. The van der Waals surface area contributed by atoms with Crippen LogP contribution in [0.3, 0.4) is 0 Å². The fraction of sp³-hybridized carbons (Fsp3) is 0.158. The average molecular weight is 359 g/mol. The highest BCUT2D eigenvalue weighted by Crippen LogP contribution is 2.25. The Morgan fingerprint density at radius 1 is 1.12 bits per heavy atom. The smallest absolute Gasteiger partial charge is 0.331 e. The molecule has 2 aromatic carbocycles. The zero-order valence-corrected chi connectivity index (χ0v) is 14.3. The number of carbonyl (C=O) groups excluding carboxylic acids is 2. The van der Waals surface area contributed by atoms with Crippen LogP contribution in [0.5, 0.6) is 11.5 Å². The van der Waals surface area contributed by atoms with Crippen molar-refractivity contribution in [3.8, 4) is 11.5 Å². The molecule has 0 bridgehead atoms. The molecule has 0 aromatic heterocycles. The van der Waals surface area contributed by atoms with Crippen LogP contribution < -0.4 is 14.8 Å². The Hall–Kier alpha value is -3.35. The Balaban J connectivity index is 1.89. The minimum absolute atomic E-state index is 0.0204. The van der Waals surface area contributed by atoms with Gasteiger partial charge in [0.15, 0.2) is 6.61 Å². The van der Waals surface area contributed by atoms with Gasteiger partial charge in [0.2, 0.25) is 0 Å². The highest BCUT2D eigenvalue weighted by molar-refractivity contribution is 5.94. The van der Waals surface area contributed by atoms with Crippen molar-refractivity contribution in [1.29, 1.82) is 0 Å². The van der Waals surface area contributed by atoms with Gasteiger partial charge in [-0.05, 0) is 30.3 Å². The van der Waals surface area contributed by atoms with Crippen molar-refractivity contribution in [3.63, 3.8) is 0 Å². The van der Waals surface area contributed by atoms with Gasteiger partial charge in [-0.1, -0.05) is 12.1 Å². The quantitative estimate of drug-likeness (QED) is 0.608. The van der Waals surface area contributed by atoms with Gasteiger partial charge in [-0.15, -0.1) is 0 Å². The fourth-order valence-corrected chi connectivity index (χ4v) is 2.05. The maximum atomic E-state index is 13.4. The van der Waals surface area contributed by atoms with E-state index in [1.165, 1.54) is 44.6 Å². The molecule has 0 unspecified atom stereocenters. The van der Waals surface area contributed by atoms with E-state index in [4.69, 9.17) is 14.2 Å². The lowest BCUT2D eigenvalue weighted by Gasteiger charge is -2.07. The average Bonchev–Trinajstić information content (AvgIpc) is 2.66. The number of rotatable bonds is 7. The van der Waals surface area contributed by atoms with E-state index in [9.17, 15) is 14.0 Å². The molecule has 0 radical (unpaired) electrons. The van der Waals surface area contributed by atoms with Crippen LogP contribution in [0.2, 0.25) is 0 Å². The molecule has 0 atom stereocenters. The zero-order chi connectivity index (χ0) is 18.9. The molecule has 1 N–H and O–H groups in total. The first-order chi connectivity index (χ1) is 12.5. The summed E-state index contributed by atoms with van der Waals surface area (Å²) in [7, 11) is 3.03. The lowest BCUT2D eigenvalue weighted by molar-refractivity contribution is -0.142. The molecule has 0 saturated heterocycles. The first kappa shape index (κ1) is 19.0. The number of carbonyl (C=O) groups is 2. The number of amides is 1.